The molecule has 0 saturated heterocycles. The Morgan fingerprint density at radius 2 is 1.56 bits per heavy atom. The second-order valence-corrected chi connectivity index (χ2v) is 2.72. The summed E-state index contributed by atoms with van der Waals surface area (Å²) in [6, 6.07) is -1.06. The summed E-state index contributed by atoms with van der Waals surface area (Å²) in [7, 11) is -3.13. The smallest absolute Gasteiger partial charge is 0.511 e. The minimum Gasteiger partial charge on any atom is -0.511 e. The first-order valence-electron chi connectivity index (χ1n) is 3.39. The summed E-state index contributed by atoms with van der Waals surface area (Å²) in [5.41, 5.74) is 5.00. The molecule has 0 heterocycles. The summed E-state index contributed by atoms with van der Waals surface area (Å²) < 4.78 is 8.74. The molecule has 6 N–H and O–H groups in total. The van der Waals surface area contributed by atoms with Gasteiger partial charge in [-0.15, -0.1) is 0 Å². The standard InChI is InChI=1S/C5H9NO4.Al.Mg.H2O3Si.5H/c6-3(5(9)10)1-2-4(7)8;;;1-4(2)3;;;;;/h3H,1-2,6H2,(H,7,8)(H,9,10);;;1-2H;;;;;. The lowest BCUT2D eigenvalue weighted by Gasteiger charge is -2.01. The van der Waals surface area contributed by atoms with Gasteiger partial charge in [0.05, 0.1) is 0 Å². The molecule has 0 aromatic rings. The van der Waals surface area contributed by atoms with Gasteiger partial charge in [0, 0.05) is 6.42 Å². The normalized spacial score (nSPS) is 9.31. The minimum absolute atomic E-state index is 0. The SMILES string of the molecule is NC(CCC(=O)O)C(=O)O.O=[Si](O)O.[AlH3].[MgH2]. The van der Waals surface area contributed by atoms with Gasteiger partial charge in [-0.3, -0.25) is 14.1 Å². The van der Waals surface area contributed by atoms with Crippen LogP contribution < -0.4 is 5.73 Å². The van der Waals surface area contributed by atoms with Crippen molar-refractivity contribution in [2.45, 2.75) is 18.9 Å². The summed E-state index contributed by atoms with van der Waals surface area (Å²) in [6.07, 6.45) is -0.224. The first-order chi connectivity index (χ1) is 6.27. The average molecular weight is 282 g/mol. The molecule has 0 aliphatic rings. The average Bonchev–Trinajstić information content (AvgIpc) is 1.98. The predicted molar refractivity (Wildman–Crippen MR) is 61.8 cm³/mol. The molecular weight excluding hydrogens is 265 g/mol. The van der Waals surface area contributed by atoms with E-state index >= 15 is 0 Å². The molecule has 0 fully saturated rings. The van der Waals surface area contributed by atoms with E-state index in [9.17, 15) is 9.59 Å². The lowest BCUT2D eigenvalue weighted by Crippen LogP contribution is -2.30. The van der Waals surface area contributed by atoms with Gasteiger partial charge >= 0.3 is 44.2 Å². The molecular formula is C5H16AlMgNO7Si. The Labute approximate surface area is 120 Å². The molecule has 0 bridgehead atoms. The van der Waals surface area contributed by atoms with Crippen LogP contribution in [0.1, 0.15) is 12.8 Å². The third kappa shape index (κ3) is 29.2. The van der Waals surface area contributed by atoms with Gasteiger partial charge in [-0.1, -0.05) is 0 Å². The van der Waals surface area contributed by atoms with Crippen molar-refractivity contribution in [3.8, 4) is 0 Å². The first kappa shape index (κ1) is 24.9. The van der Waals surface area contributed by atoms with Gasteiger partial charge in [0.1, 0.15) is 6.04 Å². The molecule has 1 atom stereocenters. The number of carbonyl (C=O) groups is 2. The van der Waals surface area contributed by atoms with Crippen molar-refractivity contribution >= 4 is 61.5 Å². The monoisotopic (exact) mass is 281 g/mol. The Hall–Kier alpha value is -0.184. The zero-order valence-electron chi connectivity index (χ0n) is 7.08. The molecule has 0 aliphatic heterocycles. The van der Waals surface area contributed by atoms with Crippen molar-refractivity contribution in [2.75, 3.05) is 0 Å². The van der Waals surface area contributed by atoms with Gasteiger partial charge < -0.3 is 25.5 Å². The lowest BCUT2D eigenvalue weighted by atomic mass is 10.2. The molecule has 0 aliphatic carbocycles. The minimum atomic E-state index is -3.13. The summed E-state index contributed by atoms with van der Waals surface area (Å²) >= 11 is 0. The largest absolute Gasteiger partial charge is 0.761 e. The van der Waals surface area contributed by atoms with E-state index in [1.165, 1.54) is 0 Å². The van der Waals surface area contributed by atoms with Crippen LogP contribution in [0.5, 0.6) is 0 Å². The molecule has 0 amide bonds. The Morgan fingerprint density at radius 3 is 1.75 bits per heavy atom. The maximum atomic E-state index is 9.99. The predicted octanol–water partition coefficient (Wildman–Crippen LogP) is -4.45. The number of nitrogens with two attached hydrogens (primary N) is 1. The van der Waals surface area contributed by atoms with Crippen LogP contribution in [-0.2, 0) is 14.1 Å². The second kappa shape index (κ2) is 14.8. The summed E-state index contributed by atoms with van der Waals surface area (Å²) in [6.45, 7) is 0. The van der Waals surface area contributed by atoms with Crippen LogP contribution in [0.2, 0.25) is 0 Å². The van der Waals surface area contributed by atoms with Gasteiger partial charge in [0.15, 0.2) is 17.4 Å². The third-order valence-electron chi connectivity index (χ3n) is 0.986. The first-order valence-corrected chi connectivity index (χ1v) is 4.69. The number of hydrogen-bond acceptors (Lipinski definition) is 4. The van der Waals surface area contributed by atoms with Gasteiger partial charge in [-0.05, 0) is 6.42 Å². The van der Waals surface area contributed by atoms with Crippen LogP contribution in [0.25, 0.3) is 0 Å². The van der Waals surface area contributed by atoms with Crippen molar-refractivity contribution in [3.63, 3.8) is 0 Å². The second-order valence-electron chi connectivity index (χ2n) is 2.16. The fourth-order valence-corrected chi connectivity index (χ4v) is 0.402. The van der Waals surface area contributed by atoms with Crippen LogP contribution in [0.3, 0.4) is 0 Å². The molecule has 0 saturated carbocycles. The lowest BCUT2D eigenvalue weighted by molar-refractivity contribution is -0.139. The number of carboxylic acids is 2. The number of carboxylic acid groups (broad SMARTS) is 2. The number of hydrogen-bond donors (Lipinski definition) is 5. The molecule has 0 radical (unpaired) electrons. The van der Waals surface area contributed by atoms with E-state index in [0.717, 1.165) is 0 Å². The van der Waals surface area contributed by atoms with E-state index in [0.29, 0.717) is 0 Å². The topological polar surface area (TPSA) is 158 Å². The Bertz CT molecular complexity index is 225. The summed E-state index contributed by atoms with van der Waals surface area (Å²) in [5.74, 6) is -2.20. The summed E-state index contributed by atoms with van der Waals surface area (Å²) in [4.78, 5) is 34.2. The van der Waals surface area contributed by atoms with Gasteiger partial charge in [-0.2, -0.15) is 0 Å². The van der Waals surface area contributed by atoms with E-state index in [4.69, 9.17) is 30.0 Å². The highest BCUT2D eigenvalue weighted by Crippen LogP contribution is 1.93. The van der Waals surface area contributed by atoms with Crippen LogP contribution in [-0.4, -0.2) is 87.4 Å². The molecule has 8 nitrogen and oxygen atoms in total. The van der Waals surface area contributed by atoms with Crippen LogP contribution in [0, 0.1) is 0 Å². The number of aliphatic carboxylic acids is 2. The van der Waals surface area contributed by atoms with E-state index in [1.54, 1.807) is 0 Å². The van der Waals surface area contributed by atoms with Crippen LogP contribution >= 0.6 is 0 Å². The summed E-state index contributed by atoms with van der Waals surface area (Å²) in [5, 5.41) is 16.3. The molecule has 0 aromatic heterocycles. The van der Waals surface area contributed by atoms with Crippen LogP contribution in [0.15, 0.2) is 0 Å². The molecule has 16 heavy (non-hydrogen) atoms. The quantitative estimate of drug-likeness (QED) is 0.323. The molecule has 92 valence electrons. The van der Waals surface area contributed by atoms with Crippen molar-refractivity contribution in [1.29, 1.82) is 0 Å². The maximum Gasteiger partial charge on any atom is 0.761 e. The van der Waals surface area contributed by atoms with E-state index in [2.05, 4.69) is 0 Å². The Morgan fingerprint density at radius 1 is 1.25 bits per heavy atom. The van der Waals surface area contributed by atoms with Gasteiger partial charge in [-0.25, -0.2) is 0 Å². The zero-order chi connectivity index (χ0) is 11.7. The highest BCUT2D eigenvalue weighted by atomic mass is 28.3. The molecule has 11 heteroatoms. The number of rotatable bonds is 4. The molecule has 0 rings (SSSR count). The van der Waals surface area contributed by atoms with Crippen molar-refractivity contribution in [1.82, 2.24) is 0 Å². The van der Waals surface area contributed by atoms with Gasteiger partial charge in [0.2, 0.25) is 0 Å². The van der Waals surface area contributed by atoms with Crippen molar-refractivity contribution < 1.29 is 33.9 Å². The fraction of sp³-hybridized carbons (Fsp3) is 0.600. The highest BCUT2D eigenvalue weighted by molar-refractivity contribution is 6.22. The fourth-order valence-electron chi connectivity index (χ4n) is 0.402. The zero-order valence-corrected chi connectivity index (χ0v) is 8.08. The molecule has 0 aromatic carbocycles. The van der Waals surface area contributed by atoms with Gasteiger partial charge in [0.25, 0.3) is 0 Å². The van der Waals surface area contributed by atoms with Crippen molar-refractivity contribution in [3.05, 3.63) is 0 Å². The third-order valence-corrected chi connectivity index (χ3v) is 0.986. The molecule has 1 unspecified atom stereocenters. The van der Waals surface area contributed by atoms with Crippen LogP contribution in [0.4, 0.5) is 0 Å². The molecule has 0 spiro atoms. The van der Waals surface area contributed by atoms with E-state index in [-0.39, 0.29) is 53.3 Å². The van der Waals surface area contributed by atoms with E-state index in [1.807, 2.05) is 0 Å². The van der Waals surface area contributed by atoms with E-state index < -0.39 is 27.2 Å². The highest BCUT2D eigenvalue weighted by Gasteiger charge is 2.12. The maximum absolute atomic E-state index is 9.99. The Balaban J connectivity index is -0.000000105. The Kier molecular flexibility index (Phi) is 23.0. The van der Waals surface area contributed by atoms with Crippen molar-refractivity contribution in [2.24, 2.45) is 5.73 Å².